The van der Waals surface area contributed by atoms with Gasteiger partial charge >= 0.3 is 0 Å². The maximum atomic E-state index is 6.64. The van der Waals surface area contributed by atoms with E-state index < -0.39 is 0 Å². The molecular formula is C16H26N2O. The summed E-state index contributed by atoms with van der Waals surface area (Å²) in [5.41, 5.74) is 7.51. The quantitative estimate of drug-likeness (QED) is 0.907. The zero-order valence-electron chi connectivity index (χ0n) is 12.5. The highest BCUT2D eigenvalue weighted by Gasteiger charge is 2.36. The lowest BCUT2D eigenvalue weighted by Gasteiger charge is -2.40. The van der Waals surface area contributed by atoms with Gasteiger partial charge in [0.1, 0.15) is 5.75 Å². The molecule has 0 amide bonds. The van der Waals surface area contributed by atoms with Gasteiger partial charge in [-0.15, -0.1) is 0 Å². The predicted molar refractivity (Wildman–Crippen MR) is 78.0 cm³/mol. The lowest BCUT2D eigenvalue weighted by Crippen LogP contribution is -2.43. The zero-order chi connectivity index (χ0) is 14.0. The summed E-state index contributed by atoms with van der Waals surface area (Å²) in [4.78, 5) is 4.30. The molecule has 1 aromatic heterocycles. The minimum absolute atomic E-state index is 0.163. The monoisotopic (exact) mass is 262 g/mol. The Labute approximate surface area is 116 Å². The standard InChI is InChI=1S/C16H26N2O/c1-11(2)19-15-7-14(9-18-10-15)16(17)6-5-12(3)13(4)8-16/h7,9-13H,5-6,8,17H2,1-4H3. The van der Waals surface area contributed by atoms with E-state index in [0.717, 1.165) is 30.1 Å². The minimum Gasteiger partial charge on any atom is -0.489 e. The number of rotatable bonds is 3. The Bertz CT molecular complexity index is 433. The number of nitrogens with zero attached hydrogens (tertiary/aromatic N) is 1. The summed E-state index contributed by atoms with van der Waals surface area (Å²) in [6, 6.07) is 2.07. The van der Waals surface area contributed by atoms with Gasteiger partial charge in [-0.3, -0.25) is 4.98 Å². The van der Waals surface area contributed by atoms with Crippen LogP contribution in [-0.4, -0.2) is 11.1 Å². The first-order chi connectivity index (χ1) is 8.90. The van der Waals surface area contributed by atoms with Crippen LogP contribution >= 0.6 is 0 Å². The van der Waals surface area contributed by atoms with E-state index in [-0.39, 0.29) is 11.6 Å². The molecule has 3 heteroatoms. The number of aromatic nitrogens is 1. The van der Waals surface area contributed by atoms with Crippen molar-refractivity contribution in [3.05, 3.63) is 24.0 Å². The molecule has 106 valence electrons. The molecule has 0 aromatic carbocycles. The number of hydrogen-bond acceptors (Lipinski definition) is 3. The fraction of sp³-hybridized carbons (Fsp3) is 0.688. The summed E-state index contributed by atoms with van der Waals surface area (Å²) in [7, 11) is 0. The van der Waals surface area contributed by atoms with Crippen molar-refractivity contribution in [1.29, 1.82) is 0 Å². The van der Waals surface area contributed by atoms with E-state index in [1.54, 1.807) is 6.20 Å². The molecule has 1 aromatic rings. The third-order valence-corrected chi connectivity index (χ3v) is 4.36. The molecule has 3 unspecified atom stereocenters. The summed E-state index contributed by atoms with van der Waals surface area (Å²) in [5, 5.41) is 0. The Balaban J connectivity index is 2.21. The van der Waals surface area contributed by atoms with Gasteiger partial charge < -0.3 is 10.5 Å². The first-order valence-corrected chi connectivity index (χ1v) is 7.32. The van der Waals surface area contributed by atoms with E-state index in [1.165, 1.54) is 6.42 Å². The number of hydrogen-bond donors (Lipinski definition) is 1. The maximum absolute atomic E-state index is 6.64. The Hall–Kier alpha value is -1.09. The van der Waals surface area contributed by atoms with Gasteiger partial charge in [0.15, 0.2) is 0 Å². The summed E-state index contributed by atoms with van der Waals surface area (Å²) >= 11 is 0. The molecule has 0 saturated heterocycles. The molecule has 3 atom stereocenters. The van der Waals surface area contributed by atoms with Gasteiger partial charge in [-0.2, -0.15) is 0 Å². The predicted octanol–water partition coefficient (Wildman–Crippen LogP) is 3.48. The second-order valence-corrected chi connectivity index (χ2v) is 6.43. The molecule has 0 spiro atoms. The molecule has 0 bridgehead atoms. The van der Waals surface area contributed by atoms with Crippen LogP contribution in [0.5, 0.6) is 5.75 Å². The van der Waals surface area contributed by atoms with Crippen LogP contribution in [0.2, 0.25) is 0 Å². The van der Waals surface area contributed by atoms with Crippen LogP contribution in [0, 0.1) is 11.8 Å². The second kappa shape index (κ2) is 5.49. The Morgan fingerprint density at radius 2 is 2.05 bits per heavy atom. The van der Waals surface area contributed by atoms with Gasteiger partial charge in [0, 0.05) is 11.7 Å². The molecule has 1 heterocycles. The van der Waals surface area contributed by atoms with Crippen molar-refractivity contribution < 1.29 is 4.74 Å². The summed E-state index contributed by atoms with van der Waals surface area (Å²) in [5.74, 6) is 2.25. The van der Waals surface area contributed by atoms with Crippen LogP contribution in [0.15, 0.2) is 18.5 Å². The third-order valence-electron chi connectivity index (χ3n) is 4.36. The van der Waals surface area contributed by atoms with Gasteiger partial charge in [0.25, 0.3) is 0 Å². The fourth-order valence-corrected chi connectivity index (χ4v) is 2.94. The molecule has 0 aliphatic heterocycles. The third kappa shape index (κ3) is 3.27. The molecular weight excluding hydrogens is 236 g/mol. The molecule has 1 saturated carbocycles. The maximum Gasteiger partial charge on any atom is 0.138 e. The second-order valence-electron chi connectivity index (χ2n) is 6.43. The first kappa shape index (κ1) is 14.3. The highest BCUT2D eigenvalue weighted by Crippen LogP contribution is 2.41. The van der Waals surface area contributed by atoms with Gasteiger partial charge in [-0.05, 0) is 56.6 Å². The normalized spacial score (nSPS) is 31.5. The molecule has 1 aliphatic carbocycles. The highest BCUT2D eigenvalue weighted by atomic mass is 16.5. The van der Waals surface area contributed by atoms with Crippen molar-refractivity contribution >= 4 is 0 Å². The van der Waals surface area contributed by atoms with Crippen LogP contribution < -0.4 is 10.5 Å². The molecule has 3 nitrogen and oxygen atoms in total. The molecule has 2 N–H and O–H groups in total. The van der Waals surface area contributed by atoms with Gasteiger partial charge in [-0.1, -0.05) is 13.8 Å². The van der Waals surface area contributed by atoms with Crippen molar-refractivity contribution in [3.8, 4) is 5.75 Å². The lowest BCUT2D eigenvalue weighted by molar-refractivity contribution is 0.175. The number of ether oxygens (including phenoxy) is 1. The number of nitrogens with two attached hydrogens (primary N) is 1. The van der Waals surface area contributed by atoms with Gasteiger partial charge in [0.05, 0.1) is 12.3 Å². The van der Waals surface area contributed by atoms with E-state index in [1.807, 2.05) is 20.0 Å². The van der Waals surface area contributed by atoms with Crippen LogP contribution in [0.25, 0.3) is 0 Å². The Morgan fingerprint density at radius 1 is 1.32 bits per heavy atom. The van der Waals surface area contributed by atoms with Crippen molar-refractivity contribution in [3.63, 3.8) is 0 Å². The Morgan fingerprint density at radius 3 is 2.68 bits per heavy atom. The average molecular weight is 262 g/mol. The van der Waals surface area contributed by atoms with Gasteiger partial charge in [0.2, 0.25) is 0 Å². The van der Waals surface area contributed by atoms with Crippen LogP contribution in [0.1, 0.15) is 52.5 Å². The van der Waals surface area contributed by atoms with Crippen molar-refractivity contribution in [1.82, 2.24) is 4.98 Å². The molecule has 1 fully saturated rings. The molecule has 1 aliphatic rings. The molecule has 19 heavy (non-hydrogen) atoms. The van der Waals surface area contributed by atoms with Crippen molar-refractivity contribution in [2.75, 3.05) is 0 Å². The SMILES string of the molecule is CC(C)Oc1cncc(C2(N)CCC(C)C(C)C2)c1. The van der Waals surface area contributed by atoms with E-state index >= 15 is 0 Å². The molecule has 2 rings (SSSR count). The summed E-state index contributed by atoms with van der Waals surface area (Å²) < 4.78 is 5.72. The Kier molecular flexibility index (Phi) is 4.14. The summed E-state index contributed by atoms with van der Waals surface area (Å²) in [6.45, 7) is 8.67. The molecule has 0 radical (unpaired) electrons. The minimum atomic E-state index is -0.241. The van der Waals surface area contributed by atoms with E-state index in [9.17, 15) is 0 Å². The highest BCUT2D eigenvalue weighted by molar-refractivity contribution is 5.30. The summed E-state index contributed by atoms with van der Waals surface area (Å²) in [6.07, 6.45) is 7.08. The largest absolute Gasteiger partial charge is 0.489 e. The topological polar surface area (TPSA) is 48.1 Å². The van der Waals surface area contributed by atoms with Crippen molar-refractivity contribution in [2.24, 2.45) is 17.6 Å². The average Bonchev–Trinajstić information content (AvgIpc) is 2.34. The lowest BCUT2D eigenvalue weighted by atomic mass is 9.69. The van der Waals surface area contributed by atoms with E-state index in [2.05, 4.69) is 24.9 Å². The van der Waals surface area contributed by atoms with Crippen LogP contribution in [-0.2, 0) is 5.54 Å². The fourth-order valence-electron chi connectivity index (χ4n) is 2.94. The first-order valence-electron chi connectivity index (χ1n) is 7.32. The van der Waals surface area contributed by atoms with E-state index in [0.29, 0.717) is 5.92 Å². The van der Waals surface area contributed by atoms with Crippen LogP contribution in [0.4, 0.5) is 0 Å². The zero-order valence-corrected chi connectivity index (χ0v) is 12.5. The number of pyridine rings is 1. The van der Waals surface area contributed by atoms with E-state index in [4.69, 9.17) is 10.5 Å². The van der Waals surface area contributed by atoms with Gasteiger partial charge in [-0.25, -0.2) is 0 Å². The smallest absolute Gasteiger partial charge is 0.138 e. The van der Waals surface area contributed by atoms with Crippen molar-refractivity contribution in [2.45, 2.75) is 58.6 Å². The van der Waals surface area contributed by atoms with Crippen LogP contribution in [0.3, 0.4) is 0 Å².